The Kier molecular flexibility index (Phi) is 5.16. The van der Waals surface area contributed by atoms with Crippen molar-refractivity contribution in [2.24, 2.45) is 0 Å². The Labute approximate surface area is 182 Å². The zero-order valence-corrected chi connectivity index (χ0v) is 17.2. The van der Waals surface area contributed by atoms with Crippen LogP contribution in [0.25, 0.3) is 27.3 Å². The van der Waals surface area contributed by atoms with Gasteiger partial charge in [0.15, 0.2) is 0 Å². The number of hydrogen-bond donors (Lipinski definition) is 0. The predicted octanol–water partition coefficient (Wildman–Crippen LogP) is 5.26. The Morgan fingerprint density at radius 2 is 1.74 bits per heavy atom. The van der Waals surface area contributed by atoms with Crippen LogP contribution in [0, 0.1) is 0 Å². The lowest BCUT2D eigenvalue weighted by Gasteiger charge is -2.07. The van der Waals surface area contributed by atoms with Crippen molar-refractivity contribution in [3.8, 4) is 28.0 Å². The number of rotatable bonds is 7. The highest BCUT2D eigenvalue weighted by atomic mass is 32.1. The van der Waals surface area contributed by atoms with E-state index in [1.165, 1.54) is 11.3 Å². The molecule has 7 heteroatoms. The first-order valence-electron chi connectivity index (χ1n) is 9.63. The van der Waals surface area contributed by atoms with Gasteiger partial charge in [0.25, 0.3) is 6.47 Å². The summed E-state index contributed by atoms with van der Waals surface area (Å²) in [5.74, 6) is 0.981. The second kappa shape index (κ2) is 8.41. The average molecular weight is 427 g/mol. The molecule has 2 heterocycles. The summed E-state index contributed by atoms with van der Waals surface area (Å²) in [6.07, 6.45) is 0. The minimum absolute atomic E-state index is 0.247. The molecule has 0 amide bonds. The summed E-state index contributed by atoms with van der Waals surface area (Å²) in [4.78, 5) is 15.0. The molecule has 31 heavy (non-hydrogen) atoms. The van der Waals surface area contributed by atoms with E-state index in [9.17, 15) is 4.79 Å². The molecule has 0 atom stereocenters. The highest BCUT2D eigenvalue weighted by Crippen LogP contribution is 2.33. The summed E-state index contributed by atoms with van der Waals surface area (Å²) < 4.78 is 12.7. The molecule has 0 spiro atoms. The van der Waals surface area contributed by atoms with Crippen molar-refractivity contribution in [1.29, 1.82) is 0 Å². The van der Waals surface area contributed by atoms with Crippen LogP contribution in [0.15, 0.2) is 84.2 Å². The number of hydrogen-bond acceptors (Lipinski definition) is 6. The van der Waals surface area contributed by atoms with Crippen molar-refractivity contribution in [3.05, 3.63) is 89.8 Å². The van der Waals surface area contributed by atoms with E-state index in [4.69, 9.17) is 14.6 Å². The zero-order valence-electron chi connectivity index (χ0n) is 16.3. The molecule has 0 bridgehead atoms. The van der Waals surface area contributed by atoms with Crippen LogP contribution in [0.2, 0.25) is 0 Å². The molecule has 3 aromatic carbocycles. The summed E-state index contributed by atoms with van der Waals surface area (Å²) in [7, 11) is 0. The minimum Gasteiger partial charge on any atom is -0.489 e. The number of carbonyl (C=O) groups is 1. The van der Waals surface area contributed by atoms with Crippen LogP contribution in [0.3, 0.4) is 0 Å². The smallest absolute Gasteiger partial charge is 0.299 e. The average Bonchev–Trinajstić information content (AvgIpc) is 3.43. The maximum atomic E-state index is 10.7. The van der Waals surface area contributed by atoms with Crippen LogP contribution < -0.4 is 9.47 Å². The van der Waals surface area contributed by atoms with E-state index in [-0.39, 0.29) is 5.88 Å². The van der Waals surface area contributed by atoms with Crippen molar-refractivity contribution >= 4 is 28.7 Å². The maximum absolute atomic E-state index is 10.7. The molecular weight excluding hydrogens is 410 g/mol. The molecule has 6 nitrogen and oxygen atoms in total. The monoisotopic (exact) mass is 427 g/mol. The molecule has 0 saturated carbocycles. The second-order valence-corrected chi connectivity index (χ2v) is 7.60. The molecule has 152 valence electrons. The lowest BCUT2D eigenvalue weighted by molar-refractivity contribution is -0.120. The highest BCUT2D eigenvalue weighted by molar-refractivity contribution is 7.12. The van der Waals surface area contributed by atoms with E-state index in [1.54, 1.807) is 10.1 Å². The van der Waals surface area contributed by atoms with E-state index < -0.39 is 0 Å². The Morgan fingerprint density at radius 1 is 0.968 bits per heavy atom. The molecule has 0 radical (unpaired) electrons. The van der Waals surface area contributed by atoms with Crippen LogP contribution in [0.1, 0.15) is 5.56 Å². The van der Waals surface area contributed by atoms with Crippen molar-refractivity contribution in [3.63, 3.8) is 0 Å². The number of carbonyl (C=O) groups excluding carboxylic acids is 1. The zero-order chi connectivity index (χ0) is 21.0. The lowest BCUT2D eigenvalue weighted by Crippen LogP contribution is -1.98. The molecule has 2 aromatic heterocycles. The Balaban J connectivity index is 1.58. The summed E-state index contributed by atoms with van der Waals surface area (Å²) in [6.45, 7) is 0.839. The first-order valence-corrected chi connectivity index (χ1v) is 10.5. The minimum atomic E-state index is 0.247. The van der Waals surface area contributed by atoms with Gasteiger partial charge < -0.3 is 9.47 Å². The van der Waals surface area contributed by atoms with Gasteiger partial charge >= 0.3 is 0 Å². The fourth-order valence-electron chi connectivity index (χ4n) is 3.33. The van der Waals surface area contributed by atoms with Crippen molar-refractivity contribution in [2.75, 3.05) is 0 Å². The van der Waals surface area contributed by atoms with Crippen LogP contribution in [-0.2, 0) is 11.4 Å². The molecule has 0 aliphatic heterocycles. The van der Waals surface area contributed by atoms with Crippen molar-refractivity contribution in [1.82, 2.24) is 14.8 Å². The molecule has 0 fully saturated rings. The largest absolute Gasteiger partial charge is 0.489 e. The van der Waals surface area contributed by atoms with E-state index in [0.717, 1.165) is 33.5 Å². The van der Waals surface area contributed by atoms with Crippen LogP contribution in [0.4, 0.5) is 0 Å². The normalized spacial score (nSPS) is 10.8. The fraction of sp³-hybridized carbons (Fsp3) is 0.0417. The maximum Gasteiger partial charge on any atom is 0.299 e. The van der Waals surface area contributed by atoms with Crippen LogP contribution in [-0.4, -0.2) is 21.2 Å². The molecule has 0 saturated heterocycles. The number of aromatic nitrogens is 3. The van der Waals surface area contributed by atoms with Gasteiger partial charge in [-0.2, -0.15) is 10.1 Å². The van der Waals surface area contributed by atoms with Crippen LogP contribution >= 0.6 is 11.3 Å². The summed E-state index contributed by atoms with van der Waals surface area (Å²) in [6, 6.07) is 25.9. The number of fused-ring (bicyclic) bond motifs is 1. The number of benzene rings is 3. The Morgan fingerprint density at radius 3 is 2.52 bits per heavy atom. The van der Waals surface area contributed by atoms with Gasteiger partial charge in [0, 0.05) is 17.0 Å². The quantitative estimate of drug-likeness (QED) is 0.331. The predicted molar refractivity (Wildman–Crippen MR) is 120 cm³/mol. The van der Waals surface area contributed by atoms with Gasteiger partial charge in [0.05, 0.1) is 10.9 Å². The molecule has 0 aliphatic carbocycles. The van der Waals surface area contributed by atoms with E-state index >= 15 is 0 Å². The van der Waals surface area contributed by atoms with Crippen molar-refractivity contribution < 1.29 is 14.3 Å². The number of ether oxygens (including phenoxy) is 2. The first-order chi connectivity index (χ1) is 15.3. The van der Waals surface area contributed by atoms with Crippen molar-refractivity contribution in [2.45, 2.75) is 6.61 Å². The van der Waals surface area contributed by atoms with Gasteiger partial charge in [-0.3, -0.25) is 4.79 Å². The van der Waals surface area contributed by atoms with E-state index in [1.807, 2.05) is 78.9 Å². The van der Waals surface area contributed by atoms with E-state index in [2.05, 4.69) is 4.98 Å². The van der Waals surface area contributed by atoms with Gasteiger partial charge in [-0.1, -0.05) is 72.0 Å². The molecule has 0 aliphatic rings. The summed E-state index contributed by atoms with van der Waals surface area (Å²) >= 11 is 1.35. The lowest BCUT2D eigenvalue weighted by atomic mass is 10.1. The third kappa shape index (κ3) is 3.91. The number of nitrogens with zero attached hydrogens (tertiary/aromatic N) is 3. The SMILES string of the molecule is O=COc1csc(-n2nc(-c3ccccc3)c3ccc(OCc4ccccc4)cc32)n1. The van der Waals surface area contributed by atoms with Gasteiger partial charge in [0.1, 0.15) is 18.1 Å². The van der Waals surface area contributed by atoms with E-state index in [0.29, 0.717) is 18.2 Å². The van der Waals surface area contributed by atoms with Gasteiger partial charge in [-0.15, -0.1) is 0 Å². The van der Waals surface area contributed by atoms with Crippen LogP contribution in [0.5, 0.6) is 11.6 Å². The Hall–Kier alpha value is -3.97. The third-order valence-corrected chi connectivity index (χ3v) is 5.56. The highest BCUT2D eigenvalue weighted by Gasteiger charge is 2.17. The molecule has 0 unspecified atom stereocenters. The van der Waals surface area contributed by atoms with Gasteiger partial charge in [-0.25, -0.2) is 4.68 Å². The first kappa shape index (κ1) is 19.0. The Bertz CT molecular complexity index is 1330. The topological polar surface area (TPSA) is 66.2 Å². The molecule has 0 N–H and O–H groups in total. The number of thiazole rings is 1. The van der Waals surface area contributed by atoms with Gasteiger partial charge in [0.2, 0.25) is 11.0 Å². The molecule has 5 aromatic rings. The van der Waals surface area contributed by atoms with Gasteiger partial charge in [-0.05, 0) is 17.7 Å². The third-order valence-electron chi connectivity index (χ3n) is 4.77. The molecule has 5 rings (SSSR count). The molecular formula is C24H17N3O3S. The summed E-state index contributed by atoms with van der Waals surface area (Å²) in [5.41, 5.74) is 3.80. The second-order valence-electron chi connectivity index (χ2n) is 6.76. The summed E-state index contributed by atoms with van der Waals surface area (Å²) in [5, 5.41) is 8.08. The standard InChI is InChI=1S/C24H17N3O3S/c28-16-30-22-15-31-24(25-22)27-21-13-19(29-14-17-7-3-1-4-8-17)11-12-20(21)23(26-27)18-9-5-2-6-10-18/h1-13,15-16H,14H2. The fourth-order valence-corrected chi connectivity index (χ4v) is 4.03.